The van der Waals surface area contributed by atoms with Crippen LogP contribution in [-0.2, 0) is 139 Å². The van der Waals surface area contributed by atoms with Gasteiger partial charge in [0.05, 0.1) is 217 Å². The lowest BCUT2D eigenvalue weighted by Gasteiger charge is -2.40. The summed E-state index contributed by atoms with van der Waals surface area (Å²) < 4.78 is 146. The summed E-state index contributed by atoms with van der Waals surface area (Å²) in [6, 6.07) is 0. The van der Waals surface area contributed by atoms with Gasteiger partial charge in [-0.05, 0) is 133 Å². The summed E-state index contributed by atoms with van der Waals surface area (Å²) in [5.74, 6) is 1.98. The summed E-state index contributed by atoms with van der Waals surface area (Å²) in [6.07, 6.45) is 6.32. The summed E-state index contributed by atoms with van der Waals surface area (Å²) in [4.78, 5) is 66.2. The van der Waals surface area contributed by atoms with Gasteiger partial charge in [0.1, 0.15) is 76.9 Å². The van der Waals surface area contributed by atoms with Crippen molar-refractivity contribution in [3.8, 4) is 11.5 Å². The summed E-state index contributed by atoms with van der Waals surface area (Å²) in [5, 5.41) is 89.4. The van der Waals surface area contributed by atoms with E-state index in [4.69, 9.17) is 118 Å². The van der Waals surface area contributed by atoms with Crippen LogP contribution in [0.25, 0.3) is 0 Å². The average Bonchev–Trinajstić information content (AvgIpc) is 0.755. The van der Waals surface area contributed by atoms with E-state index in [1.807, 2.05) is 13.8 Å². The maximum atomic E-state index is 14.3. The van der Waals surface area contributed by atoms with Crippen molar-refractivity contribution < 1.29 is 188 Å². The fourth-order valence-corrected chi connectivity index (χ4v) is 17.7. The highest BCUT2D eigenvalue weighted by Crippen LogP contribution is 2.46. The number of esters is 1. The monoisotopic (exact) mass is 2130 g/mol. The predicted molar refractivity (Wildman–Crippen MR) is 547 cm³/mol. The fourth-order valence-electron chi connectivity index (χ4n) is 17.7. The van der Waals surface area contributed by atoms with Crippen LogP contribution in [0.5, 0.6) is 11.5 Å². The molecule has 1 aromatic carbocycles. The van der Waals surface area contributed by atoms with Crippen LogP contribution in [0.1, 0.15) is 245 Å². The molecule has 0 spiro atoms. The zero-order valence-electron chi connectivity index (χ0n) is 91.5. The number of fused-ring (bicyclic) bond motifs is 1. The number of rotatable bonds is 97. The Kier molecular flexibility index (Phi) is 74.8. The first-order chi connectivity index (χ1) is 71.5. The minimum Gasteiger partial charge on any atom is -0.487 e. The van der Waals surface area contributed by atoms with Gasteiger partial charge >= 0.3 is 5.97 Å². The highest BCUT2D eigenvalue weighted by Gasteiger charge is 2.46. The topological polar surface area (TPSA) is 498 Å². The van der Waals surface area contributed by atoms with Crippen LogP contribution in [0, 0.1) is 61.7 Å². The fraction of sp³-hybridized carbons (Fsp3) is 0.899. The van der Waals surface area contributed by atoms with Crippen molar-refractivity contribution in [1.82, 2.24) is 0 Å². The lowest BCUT2D eigenvalue weighted by Crippen LogP contribution is -2.55. The van der Waals surface area contributed by atoms with Crippen LogP contribution in [0.4, 0.5) is 0 Å². The van der Waals surface area contributed by atoms with Crippen LogP contribution in [0.3, 0.4) is 0 Å². The summed E-state index contributed by atoms with van der Waals surface area (Å²) >= 11 is 0. The number of ether oxygens (including phenoxy) is 25. The normalized spacial score (nSPS) is 23.5. The molecule has 39 heteroatoms. The van der Waals surface area contributed by atoms with Crippen LogP contribution in [-0.4, -0.2) is 419 Å². The smallest absolute Gasteiger partial charge is 0.311 e. The van der Waals surface area contributed by atoms with Gasteiger partial charge in [0.15, 0.2) is 18.9 Å². The molecule has 9 N–H and O–H groups in total. The molecule has 0 aromatic heterocycles. The van der Waals surface area contributed by atoms with E-state index in [2.05, 4.69) is 41.5 Å². The molecule has 18 atom stereocenters. The third-order valence-electron chi connectivity index (χ3n) is 27.3. The quantitative estimate of drug-likeness (QED) is 0.0167. The molecule has 148 heavy (non-hydrogen) atoms. The molecular formula is C109H194O39. The number of Topliss-reactive ketones (excluding diaryl/α,β-unsaturated/α-hetero) is 4. The Labute approximate surface area is 881 Å². The van der Waals surface area contributed by atoms with E-state index in [9.17, 15) is 69.9 Å². The Bertz CT molecular complexity index is 3310. The van der Waals surface area contributed by atoms with Gasteiger partial charge in [-0.3, -0.25) is 24.0 Å². The highest BCUT2D eigenvalue weighted by atomic mass is 16.7. The molecule has 4 heterocycles. The molecule has 0 radical (unpaired) electrons. The second-order valence-electron chi connectivity index (χ2n) is 40.7. The molecule has 5 rings (SSSR count). The van der Waals surface area contributed by atoms with Crippen LogP contribution < -0.4 is 9.47 Å². The van der Waals surface area contributed by atoms with Gasteiger partial charge in [0, 0.05) is 153 Å². The molecule has 1 aromatic rings. The Morgan fingerprint density at radius 2 is 0.622 bits per heavy atom. The van der Waals surface area contributed by atoms with Crippen molar-refractivity contribution in [3.63, 3.8) is 0 Å². The maximum absolute atomic E-state index is 14.3. The van der Waals surface area contributed by atoms with Gasteiger partial charge in [0.2, 0.25) is 0 Å². The number of aliphatic hydroxyl groups excluding tert-OH is 9. The van der Waals surface area contributed by atoms with E-state index < -0.39 is 117 Å². The number of carbonyl (C=O) groups is 5. The minimum absolute atomic E-state index is 0.0212. The van der Waals surface area contributed by atoms with Gasteiger partial charge in [-0.1, -0.05) is 93.4 Å². The third kappa shape index (κ3) is 57.7. The van der Waals surface area contributed by atoms with E-state index in [0.717, 1.165) is 65.5 Å². The van der Waals surface area contributed by atoms with Crippen molar-refractivity contribution in [2.24, 2.45) is 40.9 Å². The van der Waals surface area contributed by atoms with Crippen molar-refractivity contribution in [2.45, 2.75) is 329 Å². The minimum atomic E-state index is -1.20. The molecule has 3 fully saturated rings. The average molecular weight is 2130 g/mol. The summed E-state index contributed by atoms with van der Waals surface area (Å²) in [6.45, 7) is 31.4. The second kappa shape index (κ2) is 82.4. The number of carbonyl (C=O) groups excluding carboxylic acids is 5. The first-order valence-corrected chi connectivity index (χ1v) is 55.1. The maximum Gasteiger partial charge on any atom is 0.311 e. The zero-order valence-corrected chi connectivity index (χ0v) is 91.5. The molecule has 0 aliphatic carbocycles. The molecular weight excluding hydrogens is 1930 g/mol. The summed E-state index contributed by atoms with van der Waals surface area (Å²) in [7, 11) is 0. The molecule has 0 saturated carbocycles. The van der Waals surface area contributed by atoms with Crippen molar-refractivity contribution in [2.75, 3.05) is 264 Å². The van der Waals surface area contributed by atoms with Crippen LogP contribution >= 0.6 is 0 Å². The number of ketones is 4. The first-order valence-electron chi connectivity index (χ1n) is 55.1. The number of hydrogen-bond donors (Lipinski definition) is 9. The zero-order chi connectivity index (χ0) is 108. The Morgan fingerprint density at radius 1 is 0.331 bits per heavy atom. The number of hydrogen-bond acceptors (Lipinski definition) is 39. The molecule has 39 nitrogen and oxygen atoms in total. The SMILES string of the molecule is Cc1c(C)c2c(c(C)c1OC(=O)CCCOCCOCCC(=O)CC(COCCCOCCC(=O)CCCOCCOCCOCCOC1OC(CO)C(O)C(O)C1C)(COCCCOCCC(=O)CCCOCCOCCOCCOC1OC(CO)C(O)C(O)C1C)COCCCOCCC(=O)CCCOCCOCCOCCOC1OC(CO)C(O)C(O)C1C)CC[C@@](C)(CCC[C@H](C)CCC[C@H](C)CCCC(C)C)O2. The van der Waals surface area contributed by atoms with Gasteiger partial charge in [-0.2, -0.15) is 0 Å². The predicted octanol–water partition coefficient (Wildman–Crippen LogP) is 9.10. The third-order valence-corrected chi connectivity index (χ3v) is 27.3. The lowest BCUT2D eigenvalue weighted by molar-refractivity contribution is -0.284. The van der Waals surface area contributed by atoms with Gasteiger partial charge in [-0.25, -0.2) is 0 Å². The molecule has 4 aliphatic heterocycles. The lowest BCUT2D eigenvalue weighted by atomic mass is 9.83. The van der Waals surface area contributed by atoms with Gasteiger partial charge in [-0.15, -0.1) is 0 Å². The largest absolute Gasteiger partial charge is 0.487 e. The second-order valence-corrected chi connectivity index (χ2v) is 40.7. The Hall–Kier alpha value is -4.11. The number of aliphatic hydroxyl groups is 9. The first kappa shape index (κ1) is 134. The standard InChI is InChI=1S/C109H194O39/c1-79(2)22-12-23-80(3)24-13-25-81(4)26-14-36-108(11)37-31-92-84(7)103(82(5)83(6)104(92)148-108)147-96(117)30-18-41-130-52-56-131-51-35-91(116)72-109(76-138-45-19-42-124-48-32-88(113)27-15-38-127-53-57-132-60-63-135-66-69-141-105-85(8)97(118)100(121)93(73-110)144-105,77-139-46-20-43-125-49-33-89(114)28-16-39-128-54-58-133-61-64-136-67-70-142-106-86(9)98(119)101(122)94(74-111)145-106)78-140-47-21-44-126-50-34-90(115)29-17-40-129-55-59-134-62-65-137-68-71-143-107-87(10)99(120)102(123)95(75-112)146-107/h79-81,85-87,93-95,97-102,105-107,110-112,118-123H,12-78H2,1-11H3/t80-,81-,85?,86?,87?,93?,94?,95?,97?,98?,99?,100?,101?,102?,105?,106?,107?,108-,109?/m1/s1. The molecule has 864 valence electrons. The van der Waals surface area contributed by atoms with Crippen molar-refractivity contribution in [1.29, 1.82) is 0 Å². The van der Waals surface area contributed by atoms with Crippen molar-refractivity contribution >= 4 is 29.1 Å². The number of benzene rings is 1. The van der Waals surface area contributed by atoms with Crippen LogP contribution in [0.2, 0.25) is 0 Å². The van der Waals surface area contributed by atoms with E-state index in [0.29, 0.717) is 201 Å². The molecule has 4 aliphatic rings. The van der Waals surface area contributed by atoms with Crippen LogP contribution in [0.15, 0.2) is 0 Å². The van der Waals surface area contributed by atoms with E-state index >= 15 is 0 Å². The van der Waals surface area contributed by atoms with Gasteiger partial charge < -0.3 is 164 Å². The Balaban J connectivity index is 1.06. The van der Waals surface area contributed by atoms with E-state index in [-0.39, 0.29) is 192 Å². The molecule has 0 amide bonds. The van der Waals surface area contributed by atoms with E-state index in [1.54, 1.807) is 20.8 Å². The molecule has 3 saturated heterocycles. The Morgan fingerprint density at radius 3 is 0.966 bits per heavy atom. The van der Waals surface area contributed by atoms with Gasteiger partial charge in [0.25, 0.3) is 0 Å². The summed E-state index contributed by atoms with van der Waals surface area (Å²) in [5.41, 5.74) is 2.74. The highest BCUT2D eigenvalue weighted by molar-refractivity contribution is 5.80. The van der Waals surface area contributed by atoms with E-state index in [1.165, 1.54) is 44.9 Å². The molecule has 0 bridgehead atoms. The molecule has 15 unspecified atom stereocenters. The van der Waals surface area contributed by atoms with Crippen molar-refractivity contribution in [3.05, 3.63) is 22.3 Å².